The van der Waals surface area contributed by atoms with Crippen LogP contribution in [-0.4, -0.2) is 36.0 Å². The number of rotatable bonds is 6. The van der Waals surface area contributed by atoms with E-state index in [0.717, 1.165) is 39.8 Å². The van der Waals surface area contributed by atoms with E-state index in [-0.39, 0.29) is 0 Å². The molecule has 0 saturated carbocycles. The fraction of sp³-hybridized carbons (Fsp3) is 0.107. The lowest BCUT2D eigenvalue weighted by atomic mass is 10.1. The third-order valence-electron chi connectivity index (χ3n) is 6.42. The molecule has 12 heteroatoms. The first-order valence-corrected chi connectivity index (χ1v) is 12.2. The number of fused-ring (bicyclic) bond motifs is 2. The average Bonchev–Trinajstić information content (AvgIpc) is 3.59. The minimum absolute atomic E-state index is 0.310. The zero-order valence-electron chi connectivity index (χ0n) is 20.9. The Bertz CT molecular complexity index is 1840. The van der Waals surface area contributed by atoms with Crippen LogP contribution in [0.4, 0.5) is 24.7 Å². The first kappa shape index (κ1) is 25.0. The Labute approximate surface area is 224 Å². The molecule has 4 N–H and O–H groups in total. The fourth-order valence-corrected chi connectivity index (χ4v) is 4.31. The van der Waals surface area contributed by atoms with Crippen molar-refractivity contribution in [3.05, 3.63) is 96.2 Å². The first-order valence-electron chi connectivity index (χ1n) is 12.2. The monoisotopic (exact) mass is 542 g/mol. The largest absolute Gasteiger partial charge is 0.433 e. The van der Waals surface area contributed by atoms with E-state index in [1.54, 1.807) is 31.5 Å². The second-order valence-electron chi connectivity index (χ2n) is 9.22. The van der Waals surface area contributed by atoms with Gasteiger partial charge in [-0.25, -0.2) is 9.97 Å². The van der Waals surface area contributed by atoms with Crippen LogP contribution in [0.15, 0.2) is 79.3 Å². The summed E-state index contributed by atoms with van der Waals surface area (Å²) in [6, 6.07) is 16.5. The number of amides is 1. The van der Waals surface area contributed by atoms with Crippen LogP contribution < -0.4 is 10.6 Å². The number of carbonyl (C=O) groups excluding carboxylic acids is 1. The van der Waals surface area contributed by atoms with Crippen LogP contribution in [0.5, 0.6) is 0 Å². The topological polar surface area (TPSA) is 124 Å². The number of hydrogen-bond donors (Lipinski definition) is 4. The van der Waals surface area contributed by atoms with Crippen LogP contribution in [0.3, 0.4) is 0 Å². The van der Waals surface area contributed by atoms with E-state index in [1.807, 2.05) is 36.4 Å². The molecule has 4 aromatic heterocycles. The van der Waals surface area contributed by atoms with E-state index in [9.17, 15) is 18.0 Å². The minimum atomic E-state index is -4.52. The summed E-state index contributed by atoms with van der Waals surface area (Å²) in [7, 11) is 0. The number of anilines is 2. The van der Waals surface area contributed by atoms with Crippen molar-refractivity contribution in [1.82, 2.24) is 35.5 Å². The van der Waals surface area contributed by atoms with Crippen LogP contribution in [0, 0.1) is 0 Å². The molecular formula is C28H21F3N8O. The molecule has 0 saturated heterocycles. The second kappa shape index (κ2) is 9.80. The first-order chi connectivity index (χ1) is 19.2. The molecule has 1 amide bonds. The SMILES string of the molecule is CC(NC(=O)c1cc2ccc(-c3nccc(Nc4ccc5[nH]ncc5c4)n3)cc2[nH]1)c1ccc(C(F)(F)F)nc1. The number of H-pyrrole nitrogens is 2. The Kier molecular flexibility index (Phi) is 6.14. The van der Waals surface area contributed by atoms with Crippen molar-refractivity contribution >= 4 is 39.2 Å². The quantitative estimate of drug-likeness (QED) is 0.200. The maximum Gasteiger partial charge on any atom is 0.433 e. The summed E-state index contributed by atoms with van der Waals surface area (Å²) in [5, 5.41) is 14.8. The minimum Gasteiger partial charge on any atom is -0.351 e. The lowest BCUT2D eigenvalue weighted by Crippen LogP contribution is -2.27. The predicted octanol–water partition coefficient (Wildman–Crippen LogP) is 6.15. The number of nitrogens with one attached hydrogen (secondary N) is 4. The van der Waals surface area contributed by atoms with Crippen molar-refractivity contribution in [2.75, 3.05) is 5.32 Å². The van der Waals surface area contributed by atoms with Gasteiger partial charge in [0.2, 0.25) is 0 Å². The zero-order valence-corrected chi connectivity index (χ0v) is 20.9. The lowest BCUT2D eigenvalue weighted by molar-refractivity contribution is -0.141. The van der Waals surface area contributed by atoms with Crippen molar-refractivity contribution in [1.29, 1.82) is 0 Å². The summed E-state index contributed by atoms with van der Waals surface area (Å²) in [6.45, 7) is 1.68. The summed E-state index contributed by atoms with van der Waals surface area (Å²) in [5.74, 6) is 0.716. The van der Waals surface area contributed by atoms with Gasteiger partial charge < -0.3 is 15.6 Å². The highest BCUT2D eigenvalue weighted by Crippen LogP contribution is 2.28. The van der Waals surface area contributed by atoms with Gasteiger partial charge in [-0.1, -0.05) is 18.2 Å². The number of halogens is 3. The normalized spacial score (nSPS) is 12.5. The lowest BCUT2D eigenvalue weighted by Gasteiger charge is -2.14. The van der Waals surface area contributed by atoms with E-state index < -0.39 is 23.8 Å². The summed E-state index contributed by atoms with van der Waals surface area (Å²) in [5.41, 5.74) is 3.03. The standard InChI is InChI=1S/C28H21F3N8O/c1-15(18-4-7-24(33-13-18)28(29,30)31)35-27(40)23-11-16-2-3-17(12-22(16)37-23)26-32-9-8-25(38-26)36-20-5-6-21-19(10-20)14-34-39-21/h2-15,37H,1H3,(H,34,39)(H,35,40)(H,32,36,38). The molecule has 200 valence electrons. The summed E-state index contributed by atoms with van der Waals surface area (Å²) in [6.07, 6.45) is 0.00556. The Balaban J connectivity index is 1.18. The molecule has 2 aromatic carbocycles. The molecule has 6 rings (SSSR count). The van der Waals surface area contributed by atoms with Crippen LogP contribution in [0.25, 0.3) is 33.2 Å². The second-order valence-corrected chi connectivity index (χ2v) is 9.22. The molecule has 0 spiro atoms. The Morgan fingerprint density at radius 3 is 2.60 bits per heavy atom. The highest BCUT2D eigenvalue weighted by molar-refractivity contribution is 5.99. The van der Waals surface area contributed by atoms with Gasteiger partial charge in [-0.3, -0.25) is 14.9 Å². The molecule has 0 aliphatic carbocycles. The molecule has 0 fully saturated rings. The van der Waals surface area contributed by atoms with Gasteiger partial charge in [0, 0.05) is 39.9 Å². The Hall–Kier alpha value is -5.26. The van der Waals surface area contributed by atoms with E-state index in [2.05, 4.69) is 40.8 Å². The number of pyridine rings is 1. The van der Waals surface area contributed by atoms with Crippen molar-refractivity contribution in [3.63, 3.8) is 0 Å². The molecule has 1 atom stereocenters. The number of hydrogen-bond acceptors (Lipinski definition) is 6. The van der Waals surface area contributed by atoms with Crippen molar-refractivity contribution in [2.24, 2.45) is 0 Å². The maximum absolute atomic E-state index is 12.9. The molecule has 1 unspecified atom stereocenters. The van der Waals surface area contributed by atoms with E-state index in [1.165, 1.54) is 6.07 Å². The van der Waals surface area contributed by atoms with Crippen molar-refractivity contribution in [2.45, 2.75) is 19.1 Å². The summed E-state index contributed by atoms with van der Waals surface area (Å²) >= 11 is 0. The van der Waals surface area contributed by atoms with Gasteiger partial charge >= 0.3 is 6.18 Å². The number of aromatic amines is 2. The zero-order chi connectivity index (χ0) is 27.9. The predicted molar refractivity (Wildman–Crippen MR) is 144 cm³/mol. The number of alkyl halides is 3. The van der Waals surface area contributed by atoms with Gasteiger partial charge in [0.1, 0.15) is 17.2 Å². The highest BCUT2D eigenvalue weighted by Gasteiger charge is 2.32. The average molecular weight is 543 g/mol. The molecule has 4 heterocycles. The molecule has 9 nitrogen and oxygen atoms in total. The van der Waals surface area contributed by atoms with Gasteiger partial charge in [0.25, 0.3) is 5.91 Å². The van der Waals surface area contributed by atoms with Gasteiger partial charge in [-0.2, -0.15) is 18.3 Å². The number of nitrogens with zero attached hydrogens (tertiary/aromatic N) is 4. The summed E-state index contributed by atoms with van der Waals surface area (Å²) < 4.78 is 38.4. The van der Waals surface area contributed by atoms with Crippen LogP contribution >= 0.6 is 0 Å². The van der Waals surface area contributed by atoms with Crippen molar-refractivity contribution < 1.29 is 18.0 Å². The van der Waals surface area contributed by atoms with Crippen LogP contribution in [0.1, 0.15) is 34.7 Å². The third-order valence-corrected chi connectivity index (χ3v) is 6.42. The van der Waals surface area contributed by atoms with Gasteiger partial charge in [0.05, 0.1) is 17.8 Å². The van der Waals surface area contributed by atoms with E-state index in [4.69, 9.17) is 0 Å². The molecule has 0 aliphatic rings. The summed E-state index contributed by atoms with van der Waals surface area (Å²) in [4.78, 5) is 28.5. The van der Waals surface area contributed by atoms with Gasteiger partial charge in [-0.15, -0.1) is 0 Å². The molecule has 0 bridgehead atoms. The maximum atomic E-state index is 12.9. The Morgan fingerprint density at radius 1 is 0.925 bits per heavy atom. The Morgan fingerprint density at radius 2 is 1.80 bits per heavy atom. The number of benzene rings is 2. The molecule has 0 radical (unpaired) electrons. The van der Waals surface area contributed by atoms with E-state index in [0.29, 0.717) is 28.4 Å². The third kappa shape index (κ3) is 5.06. The van der Waals surface area contributed by atoms with Crippen molar-refractivity contribution in [3.8, 4) is 11.4 Å². The number of aromatic nitrogens is 6. The fourth-order valence-electron chi connectivity index (χ4n) is 4.31. The van der Waals surface area contributed by atoms with E-state index >= 15 is 0 Å². The van der Waals surface area contributed by atoms with Gasteiger partial charge in [-0.05, 0) is 55.0 Å². The smallest absolute Gasteiger partial charge is 0.351 e. The number of carbonyl (C=O) groups is 1. The van der Waals surface area contributed by atoms with Crippen LogP contribution in [-0.2, 0) is 6.18 Å². The molecule has 6 aromatic rings. The highest BCUT2D eigenvalue weighted by atomic mass is 19.4. The molecule has 0 aliphatic heterocycles. The van der Waals surface area contributed by atoms with Crippen LogP contribution in [0.2, 0.25) is 0 Å². The molecular weight excluding hydrogens is 521 g/mol. The molecule has 40 heavy (non-hydrogen) atoms. The van der Waals surface area contributed by atoms with Gasteiger partial charge in [0.15, 0.2) is 5.82 Å².